The lowest BCUT2D eigenvalue weighted by atomic mass is 10.2. The second kappa shape index (κ2) is 6.67. The molecule has 0 spiro atoms. The molecule has 1 N–H and O–H groups in total. The Labute approximate surface area is 141 Å². The fourth-order valence-electron chi connectivity index (χ4n) is 1.94. The molecule has 0 aliphatic carbocycles. The number of hydrogen-bond donors (Lipinski definition) is 1. The van der Waals surface area contributed by atoms with Gasteiger partial charge in [-0.2, -0.15) is 10.2 Å². The standard InChI is InChI=1S/C15H20N4O4S/c1-9(2)8-17-14-11(7-16)18-15(23-14)12-6-13(10(3)22-12)24(20,21)19(4)5/h6,9,17H,8H2,1-5H3. The molecule has 8 nitrogen and oxygen atoms in total. The molecule has 2 aromatic rings. The summed E-state index contributed by atoms with van der Waals surface area (Å²) in [6, 6.07) is 3.29. The topological polar surface area (TPSA) is 112 Å². The molecule has 0 amide bonds. The number of anilines is 1. The van der Waals surface area contributed by atoms with Crippen LogP contribution in [-0.2, 0) is 10.0 Å². The van der Waals surface area contributed by atoms with Crippen LogP contribution in [0.25, 0.3) is 11.7 Å². The Morgan fingerprint density at radius 3 is 2.58 bits per heavy atom. The fourth-order valence-corrected chi connectivity index (χ4v) is 3.00. The van der Waals surface area contributed by atoms with Crippen molar-refractivity contribution in [1.82, 2.24) is 9.29 Å². The maximum absolute atomic E-state index is 12.3. The van der Waals surface area contributed by atoms with Gasteiger partial charge in [-0.05, 0) is 12.8 Å². The summed E-state index contributed by atoms with van der Waals surface area (Å²) in [5, 5.41) is 12.2. The minimum atomic E-state index is -3.64. The summed E-state index contributed by atoms with van der Waals surface area (Å²) in [5.74, 6) is 1.04. The van der Waals surface area contributed by atoms with Gasteiger partial charge in [-0.3, -0.25) is 0 Å². The zero-order valence-electron chi connectivity index (χ0n) is 14.2. The molecule has 0 aliphatic rings. The second-order valence-electron chi connectivity index (χ2n) is 5.90. The van der Waals surface area contributed by atoms with Gasteiger partial charge in [-0.1, -0.05) is 13.8 Å². The van der Waals surface area contributed by atoms with E-state index in [-0.39, 0.29) is 33.9 Å². The summed E-state index contributed by atoms with van der Waals surface area (Å²) in [7, 11) is -0.758. The zero-order valence-corrected chi connectivity index (χ0v) is 15.1. The Morgan fingerprint density at radius 2 is 2.04 bits per heavy atom. The summed E-state index contributed by atoms with van der Waals surface area (Å²) in [5.41, 5.74) is 0.0942. The van der Waals surface area contributed by atoms with E-state index in [4.69, 9.17) is 14.1 Å². The van der Waals surface area contributed by atoms with E-state index in [1.807, 2.05) is 19.9 Å². The van der Waals surface area contributed by atoms with Crippen molar-refractivity contribution >= 4 is 15.9 Å². The number of nitriles is 1. The SMILES string of the molecule is Cc1oc(-c2nc(C#N)c(NCC(C)C)o2)cc1S(=O)(=O)N(C)C. The average molecular weight is 352 g/mol. The molecule has 0 saturated heterocycles. The summed E-state index contributed by atoms with van der Waals surface area (Å²) in [6.45, 7) is 6.20. The molecule has 0 fully saturated rings. The van der Waals surface area contributed by atoms with E-state index in [9.17, 15) is 8.42 Å². The van der Waals surface area contributed by atoms with Crippen LogP contribution in [0.3, 0.4) is 0 Å². The van der Waals surface area contributed by atoms with Crippen molar-refractivity contribution in [2.75, 3.05) is 26.0 Å². The highest BCUT2D eigenvalue weighted by atomic mass is 32.2. The van der Waals surface area contributed by atoms with Crippen LogP contribution in [0.2, 0.25) is 0 Å². The number of sulfonamides is 1. The fraction of sp³-hybridized carbons (Fsp3) is 0.467. The van der Waals surface area contributed by atoms with Crippen LogP contribution in [-0.4, -0.2) is 38.3 Å². The van der Waals surface area contributed by atoms with Crippen LogP contribution in [0.15, 0.2) is 19.8 Å². The minimum absolute atomic E-state index is 0.0379. The lowest BCUT2D eigenvalue weighted by molar-refractivity contribution is 0.491. The molecular weight excluding hydrogens is 332 g/mol. The van der Waals surface area contributed by atoms with Crippen molar-refractivity contribution in [2.45, 2.75) is 25.7 Å². The average Bonchev–Trinajstić information content (AvgIpc) is 3.08. The van der Waals surface area contributed by atoms with Crippen LogP contribution in [0.1, 0.15) is 25.3 Å². The van der Waals surface area contributed by atoms with E-state index < -0.39 is 10.0 Å². The van der Waals surface area contributed by atoms with E-state index in [0.29, 0.717) is 12.5 Å². The smallest absolute Gasteiger partial charge is 0.266 e. The lowest BCUT2D eigenvalue weighted by Crippen LogP contribution is -2.22. The van der Waals surface area contributed by atoms with E-state index in [0.717, 1.165) is 4.31 Å². The van der Waals surface area contributed by atoms with E-state index in [1.165, 1.54) is 20.2 Å². The molecule has 2 heterocycles. The molecule has 2 aromatic heterocycles. The number of oxazole rings is 1. The summed E-state index contributed by atoms with van der Waals surface area (Å²) in [4.78, 5) is 4.10. The van der Waals surface area contributed by atoms with Crippen molar-refractivity contribution in [3.8, 4) is 17.7 Å². The lowest BCUT2D eigenvalue weighted by Gasteiger charge is -2.09. The molecule has 9 heteroatoms. The van der Waals surface area contributed by atoms with Gasteiger partial charge in [0.25, 0.3) is 5.89 Å². The molecule has 2 rings (SSSR count). The predicted molar refractivity (Wildman–Crippen MR) is 87.9 cm³/mol. The van der Waals surface area contributed by atoms with Gasteiger partial charge in [0.05, 0.1) is 0 Å². The third-order valence-electron chi connectivity index (χ3n) is 3.25. The van der Waals surface area contributed by atoms with Crippen LogP contribution in [0.4, 0.5) is 5.88 Å². The molecule has 0 radical (unpaired) electrons. The molecule has 0 atom stereocenters. The molecule has 24 heavy (non-hydrogen) atoms. The first kappa shape index (κ1) is 18.0. The van der Waals surface area contributed by atoms with Gasteiger partial charge in [0, 0.05) is 26.7 Å². The number of hydrogen-bond acceptors (Lipinski definition) is 7. The number of nitrogens with one attached hydrogen (secondary N) is 1. The molecular formula is C15H20N4O4S. The third-order valence-corrected chi connectivity index (χ3v) is 5.17. The maximum atomic E-state index is 12.3. The normalized spacial score (nSPS) is 11.9. The first-order valence-corrected chi connectivity index (χ1v) is 8.79. The number of furan rings is 1. The number of rotatable bonds is 6. The molecule has 0 unspecified atom stereocenters. The predicted octanol–water partition coefficient (Wildman–Crippen LogP) is 2.43. The molecule has 0 aliphatic heterocycles. The van der Waals surface area contributed by atoms with Crippen LogP contribution < -0.4 is 5.32 Å². The molecule has 0 saturated carbocycles. The highest BCUT2D eigenvalue weighted by molar-refractivity contribution is 7.89. The van der Waals surface area contributed by atoms with Crippen molar-refractivity contribution in [3.63, 3.8) is 0 Å². The monoisotopic (exact) mass is 352 g/mol. The Morgan fingerprint density at radius 1 is 1.38 bits per heavy atom. The Kier molecular flexibility index (Phi) is 5.01. The van der Waals surface area contributed by atoms with Crippen LogP contribution >= 0.6 is 0 Å². The number of aryl methyl sites for hydroxylation is 1. The van der Waals surface area contributed by atoms with Crippen molar-refractivity contribution < 1.29 is 17.3 Å². The first-order valence-electron chi connectivity index (χ1n) is 7.35. The highest BCUT2D eigenvalue weighted by Crippen LogP contribution is 2.31. The molecule has 0 aromatic carbocycles. The summed E-state index contributed by atoms with van der Waals surface area (Å²) >= 11 is 0. The van der Waals surface area contributed by atoms with Gasteiger partial charge in [0.15, 0.2) is 5.76 Å². The highest BCUT2D eigenvalue weighted by Gasteiger charge is 2.26. The van der Waals surface area contributed by atoms with E-state index >= 15 is 0 Å². The van der Waals surface area contributed by atoms with Crippen molar-refractivity contribution in [2.24, 2.45) is 5.92 Å². The van der Waals surface area contributed by atoms with Crippen molar-refractivity contribution in [1.29, 1.82) is 5.26 Å². The van der Waals surface area contributed by atoms with Gasteiger partial charge in [0.2, 0.25) is 21.6 Å². The van der Waals surface area contributed by atoms with Crippen LogP contribution in [0.5, 0.6) is 0 Å². The van der Waals surface area contributed by atoms with E-state index in [1.54, 1.807) is 6.92 Å². The van der Waals surface area contributed by atoms with Gasteiger partial charge in [-0.25, -0.2) is 12.7 Å². The Balaban J connectivity index is 2.42. The minimum Gasteiger partial charge on any atom is -0.455 e. The van der Waals surface area contributed by atoms with Gasteiger partial charge >= 0.3 is 0 Å². The van der Waals surface area contributed by atoms with Crippen LogP contribution in [0, 0.1) is 24.2 Å². The maximum Gasteiger partial charge on any atom is 0.266 e. The second-order valence-corrected chi connectivity index (χ2v) is 8.02. The Hall–Kier alpha value is -2.31. The summed E-state index contributed by atoms with van der Waals surface area (Å²) < 4.78 is 36.6. The van der Waals surface area contributed by atoms with Gasteiger partial charge in [-0.15, -0.1) is 0 Å². The molecule has 130 valence electrons. The Bertz CT molecular complexity index is 872. The zero-order chi connectivity index (χ0) is 18.1. The molecule has 0 bridgehead atoms. The largest absolute Gasteiger partial charge is 0.455 e. The summed E-state index contributed by atoms with van der Waals surface area (Å²) in [6.07, 6.45) is 0. The number of aromatic nitrogens is 1. The third kappa shape index (κ3) is 3.44. The number of nitrogens with zero attached hydrogens (tertiary/aromatic N) is 3. The van der Waals surface area contributed by atoms with Gasteiger partial charge < -0.3 is 14.2 Å². The van der Waals surface area contributed by atoms with E-state index in [2.05, 4.69) is 10.3 Å². The van der Waals surface area contributed by atoms with Crippen molar-refractivity contribution in [3.05, 3.63) is 17.5 Å². The first-order chi connectivity index (χ1) is 11.2. The van der Waals surface area contributed by atoms with Gasteiger partial charge in [0.1, 0.15) is 16.7 Å². The quantitative estimate of drug-likeness (QED) is 0.849.